The molecule has 0 aliphatic carbocycles. The smallest absolute Gasteiger partial charge is 0.143 e. The number of hydrogen-bond donors (Lipinski definition) is 1. The molecule has 3 heteroatoms. The topological polar surface area (TPSA) is 21.3 Å². The van der Waals surface area contributed by atoms with Gasteiger partial charge in [0.1, 0.15) is 18.2 Å². The summed E-state index contributed by atoms with van der Waals surface area (Å²) in [6, 6.07) is 18.5. The molecular formula is C18H16FNO. The zero-order valence-electron chi connectivity index (χ0n) is 11.8. The van der Waals surface area contributed by atoms with Gasteiger partial charge in [-0.3, -0.25) is 0 Å². The molecule has 0 amide bonds. The van der Waals surface area contributed by atoms with Crippen LogP contribution in [0.4, 0.5) is 10.1 Å². The van der Waals surface area contributed by atoms with Gasteiger partial charge in [-0.1, -0.05) is 42.5 Å². The molecule has 0 unspecified atom stereocenters. The van der Waals surface area contributed by atoms with Crippen LogP contribution in [0.2, 0.25) is 0 Å². The van der Waals surface area contributed by atoms with Crippen molar-refractivity contribution in [1.29, 1.82) is 0 Å². The minimum absolute atomic E-state index is 0.236. The summed E-state index contributed by atoms with van der Waals surface area (Å²) >= 11 is 0. The summed E-state index contributed by atoms with van der Waals surface area (Å²) in [7, 11) is 1.88. The zero-order chi connectivity index (χ0) is 14.7. The highest BCUT2D eigenvalue weighted by Gasteiger charge is 2.07. The van der Waals surface area contributed by atoms with Gasteiger partial charge in [-0.15, -0.1) is 0 Å². The van der Waals surface area contributed by atoms with Crippen LogP contribution in [0.1, 0.15) is 5.56 Å². The lowest BCUT2D eigenvalue weighted by atomic mass is 10.1. The molecule has 0 aliphatic rings. The van der Waals surface area contributed by atoms with E-state index in [0.29, 0.717) is 6.61 Å². The Morgan fingerprint density at radius 3 is 2.48 bits per heavy atom. The molecule has 21 heavy (non-hydrogen) atoms. The normalized spacial score (nSPS) is 10.6. The highest BCUT2D eigenvalue weighted by atomic mass is 19.1. The van der Waals surface area contributed by atoms with E-state index in [0.717, 1.165) is 27.8 Å². The van der Waals surface area contributed by atoms with Gasteiger partial charge in [-0.25, -0.2) is 4.39 Å². The molecule has 106 valence electrons. The maximum absolute atomic E-state index is 12.9. The van der Waals surface area contributed by atoms with Crippen molar-refractivity contribution in [3.05, 3.63) is 72.0 Å². The Morgan fingerprint density at radius 2 is 1.71 bits per heavy atom. The Hall–Kier alpha value is -2.55. The SMILES string of the molecule is CNc1c(OCc2ccc(F)cc2)ccc2ccccc12. The van der Waals surface area contributed by atoms with E-state index in [1.165, 1.54) is 12.1 Å². The first-order chi connectivity index (χ1) is 10.3. The predicted octanol–water partition coefficient (Wildman–Crippen LogP) is 4.60. The van der Waals surface area contributed by atoms with Crippen LogP contribution >= 0.6 is 0 Å². The van der Waals surface area contributed by atoms with Crippen molar-refractivity contribution in [2.75, 3.05) is 12.4 Å². The van der Waals surface area contributed by atoms with Crippen molar-refractivity contribution in [2.45, 2.75) is 6.61 Å². The van der Waals surface area contributed by atoms with E-state index in [9.17, 15) is 4.39 Å². The second kappa shape index (κ2) is 5.83. The summed E-state index contributed by atoms with van der Waals surface area (Å²) in [5.74, 6) is 0.556. The van der Waals surface area contributed by atoms with Gasteiger partial charge in [0.05, 0.1) is 5.69 Å². The Morgan fingerprint density at radius 1 is 0.952 bits per heavy atom. The first kappa shape index (κ1) is 13.4. The molecule has 0 saturated heterocycles. The third-order valence-electron chi connectivity index (χ3n) is 3.45. The van der Waals surface area contributed by atoms with Crippen LogP contribution in [-0.4, -0.2) is 7.05 Å². The summed E-state index contributed by atoms with van der Waals surface area (Å²) in [6.07, 6.45) is 0. The predicted molar refractivity (Wildman–Crippen MR) is 84.2 cm³/mol. The molecule has 0 bridgehead atoms. The first-order valence-corrected chi connectivity index (χ1v) is 6.84. The minimum atomic E-state index is -0.236. The van der Waals surface area contributed by atoms with Gasteiger partial charge in [0.2, 0.25) is 0 Å². The molecule has 0 fully saturated rings. The van der Waals surface area contributed by atoms with E-state index in [4.69, 9.17) is 4.74 Å². The van der Waals surface area contributed by atoms with Crippen molar-refractivity contribution < 1.29 is 9.13 Å². The van der Waals surface area contributed by atoms with Crippen LogP contribution in [0.25, 0.3) is 10.8 Å². The number of hydrogen-bond acceptors (Lipinski definition) is 2. The van der Waals surface area contributed by atoms with Crippen molar-refractivity contribution in [3.8, 4) is 5.75 Å². The molecule has 1 N–H and O–H groups in total. The summed E-state index contributed by atoms with van der Waals surface area (Å²) in [6.45, 7) is 0.410. The van der Waals surface area contributed by atoms with Crippen LogP contribution in [0.3, 0.4) is 0 Å². The van der Waals surface area contributed by atoms with E-state index in [-0.39, 0.29) is 5.82 Å². The van der Waals surface area contributed by atoms with E-state index in [1.54, 1.807) is 12.1 Å². The Balaban J connectivity index is 1.88. The van der Waals surface area contributed by atoms with E-state index in [2.05, 4.69) is 17.4 Å². The fraction of sp³-hybridized carbons (Fsp3) is 0.111. The number of halogens is 1. The molecule has 0 atom stereocenters. The zero-order valence-corrected chi connectivity index (χ0v) is 11.8. The second-order valence-electron chi connectivity index (χ2n) is 4.82. The third-order valence-corrected chi connectivity index (χ3v) is 3.45. The summed E-state index contributed by atoms with van der Waals surface area (Å²) in [4.78, 5) is 0. The Labute approximate surface area is 123 Å². The van der Waals surface area contributed by atoms with Crippen LogP contribution < -0.4 is 10.1 Å². The van der Waals surface area contributed by atoms with Gasteiger partial charge < -0.3 is 10.1 Å². The van der Waals surface area contributed by atoms with Crippen LogP contribution in [0.15, 0.2) is 60.7 Å². The lowest BCUT2D eigenvalue weighted by Gasteiger charge is -2.14. The van der Waals surface area contributed by atoms with Gasteiger partial charge >= 0.3 is 0 Å². The van der Waals surface area contributed by atoms with Crippen molar-refractivity contribution in [1.82, 2.24) is 0 Å². The molecule has 0 saturated carbocycles. The number of rotatable bonds is 4. The molecular weight excluding hydrogens is 265 g/mol. The van der Waals surface area contributed by atoms with Crippen LogP contribution in [0, 0.1) is 5.82 Å². The number of benzene rings is 3. The highest BCUT2D eigenvalue weighted by molar-refractivity contribution is 5.96. The molecule has 0 heterocycles. The van der Waals surface area contributed by atoms with E-state index in [1.807, 2.05) is 31.3 Å². The van der Waals surface area contributed by atoms with Gasteiger partial charge in [0.25, 0.3) is 0 Å². The molecule has 3 rings (SSSR count). The fourth-order valence-corrected chi connectivity index (χ4v) is 2.37. The number of ether oxygens (including phenoxy) is 1. The minimum Gasteiger partial charge on any atom is -0.487 e. The molecule has 3 aromatic rings. The monoisotopic (exact) mass is 281 g/mol. The third kappa shape index (κ3) is 2.82. The fourth-order valence-electron chi connectivity index (χ4n) is 2.37. The summed E-state index contributed by atoms with van der Waals surface area (Å²) in [5.41, 5.74) is 1.90. The average molecular weight is 281 g/mol. The average Bonchev–Trinajstić information content (AvgIpc) is 2.53. The van der Waals surface area contributed by atoms with Crippen molar-refractivity contribution in [3.63, 3.8) is 0 Å². The van der Waals surface area contributed by atoms with Crippen molar-refractivity contribution >= 4 is 16.5 Å². The molecule has 0 aromatic heterocycles. The number of anilines is 1. The summed E-state index contributed by atoms with van der Waals surface area (Å²) < 4.78 is 18.8. The number of nitrogens with one attached hydrogen (secondary N) is 1. The lowest BCUT2D eigenvalue weighted by molar-refractivity contribution is 0.308. The Kier molecular flexibility index (Phi) is 3.73. The lowest BCUT2D eigenvalue weighted by Crippen LogP contribution is -2.00. The molecule has 3 aromatic carbocycles. The largest absolute Gasteiger partial charge is 0.487 e. The first-order valence-electron chi connectivity index (χ1n) is 6.84. The Bertz CT molecular complexity index is 753. The molecule has 0 spiro atoms. The van der Waals surface area contributed by atoms with Crippen molar-refractivity contribution in [2.24, 2.45) is 0 Å². The van der Waals surface area contributed by atoms with E-state index < -0.39 is 0 Å². The maximum Gasteiger partial charge on any atom is 0.143 e. The van der Waals surface area contributed by atoms with E-state index >= 15 is 0 Å². The standard InChI is InChI=1S/C18H16FNO/c1-20-18-16-5-3-2-4-14(16)8-11-17(18)21-12-13-6-9-15(19)10-7-13/h2-11,20H,12H2,1H3. The molecule has 2 nitrogen and oxygen atoms in total. The molecule has 0 aliphatic heterocycles. The van der Waals surface area contributed by atoms with Gasteiger partial charge in [-0.05, 0) is 29.1 Å². The van der Waals surface area contributed by atoms with Crippen LogP contribution in [-0.2, 0) is 6.61 Å². The number of fused-ring (bicyclic) bond motifs is 1. The quantitative estimate of drug-likeness (QED) is 0.754. The second-order valence-corrected chi connectivity index (χ2v) is 4.82. The van der Waals surface area contributed by atoms with Gasteiger partial charge in [-0.2, -0.15) is 0 Å². The van der Waals surface area contributed by atoms with Gasteiger partial charge in [0.15, 0.2) is 0 Å². The maximum atomic E-state index is 12.9. The molecule has 0 radical (unpaired) electrons. The highest BCUT2D eigenvalue weighted by Crippen LogP contribution is 2.33. The van der Waals surface area contributed by atoms with Crippen LogP contribution in [0.5, 0.6) is 5.75 Å². The van der Waals surface area contributed by atoms with Gasteiger partial charge in [0, 0.05) is 12.4 Å². The summed E-state index contributed by atoms with van der Waals surface area (Å²) in [5, 5.41) is 5.48.